The number of nitrogens with zero attached hydrogens (tertiary/aromatic N) is 1. The van der Waals surface area contributed by atoms with E-state index in [2.05, 4.69) is 5.32 Å². The van der Waals surface area contributed by atoms with Crippen LogP contribution in [0.2, 0.25) is 10.0 Å². The summed E-state index contributed by atoms with van der Waals surface area (Å²) in [6.07, 6.45) is -4.44. The van der Waals surface area contributed by atoms with E-state index in [4.69, 9.17) is 23.2 Å². The molecule has 1 aliphatic heterocycles. The number of hydrogen-bond donors (Lipinski definition) is 1. The summed E-state index contributed by atoms with van der Waals surface area (Å²) < 4.78 is 38.1. The number of rotatable bonds is 3. The molecule has 1 N–H and O–H groups in total. The summed E-state index contributed by atoms with van der Waals surface area (Å²) in [4.78, 5) is 26.0. The van der Waals surface area contributed by atoms with E-state index in [9.17, 15) is 22.8 Å². The van der Waals surface area contributed by atoms with Crippen molar-refractivity contribution in [3.05, 3.63) is 63.6 Å². The second-order valence-corrected chi connectivity index (χ2v) is 7.01. The molecule has 1 heterocycles. The average Bonchev–Trinajstić information content (AvgIpc) is 2.87. The van der Waals surface area contributed by atoms with Crippen LogP contribution < -0.4 is 10.2 Å². The van der Waals surface area contributed by atoms with E-state index in [1.54, 1.807) is 6.92 Å². The molecule has 0 aromatic heterocycles. The van der Waals surface area contributed by atoms with Gasteiger partial charge in [0.25, 0.3) is 5.91 Å². The van der Waals surface area contributed by atoms with E-state index < -0.39 is 35.6 Å². The number of carbonyl (C=O) groups is 2. The summed E-state index contributed by atoms with van der Waals surface area (Å²) in [7, 11) is 0. The molecule has 3 amide bonds. The number of amides is 3. The lowest BCUT2D eigenvalue weighted by atomic mass is 9.92. The lowest BCUT2D eigenvalue weighted by molar-refractivity contribution is -0.137. The van der Waals surface area contributed by atoms with Gasteiger partial charge in [0, 0.05) is 16.0 Å². The summed E-state index contributed by atoms with van der Waals surface area (Å²) >= 11 is 11.8. The normalized spacial score (nSPS) is 18.6. The van der Waals surface area contributed by atoms with Gasteiger partial charge in [0.05, 0.1) is 11.3 Å². The number of carbonyl (C=O) groups excluding carboxylic acids is 2. The molecule has 1 aliphatic rings. The van der Waals surface area contributed by atoms with Gasteiger partial charge in [-0.15, -0.1) is 0 Å². The molecule has 4 nitrogen and oxygen atoms in total. The Hall–Kier alpha value is -2.25. The standard InChI is InChI=1S/C18H13Cl2F3N2O2/c1-9(10-2-4-11(5-3-10)18(21,22)23)15-16(26)25(17(27)24-15)14-7-12(19)6-13(20)8-14/h2-9,15H,1H3,(H,24,27)/t9-,15+/m0/s1. The third-order valence-electron chi connectivity index (χ3n) is 4.34. The van der Waals surface area contributed by atoms with Crippen LogP contribution in [-0.2, 0) is 11.0 Å². The summed E-state index contributed by atoms with van der Waals surface area (Å²) in [5.41, 5.74) is -0.0693. The Bertz CT molecular complexity index is 880. The molecule has 0 saturated carbocycles. The maximum absolute atomic E-state index is 12.8. The Morgan fingerprint density at radius 1 is 1.04 bits per heavy atom. The lowest BCUT2D eigenvalue weighted by Crippen LogP contribution is -2.34. The second kappa shape index (κ2) is 7.05. The first-order chi connectivity index (χ1) is 12.6. The maximum atomic E-state index is 12.8. The van der Waals surface area contributed by atoms with Crippen molar-refractivity contribution in [2.24, 2.45) is 0 Å². The quantitative estimate of drug-likeness (QED) is 0.695. The third kappa shape index (κ3) is 3.89. The van der Waals surface area contributed by atoms with E-state index in [0.29, 0.717) is 5.56 Å². The van der Waals surface area contributed by atoms with Crippen molar-refractivity contribution in [2.45, 2.75) is 25.1 Å². The van der Waals surface area contributed by atoms with Crippen molar-refractivity contribution < 1.29 is 22.8 Å². The number of benzene rings is 2. The summed E-state index contributed by atoms with van der Waals surface area (Å²) in [6, 6.07) is 7.23. The van der Waals surface area contributed by atoms with Gasteiger partial charge in [0.2, 0.25) is 0 Å². The molecule has 27 heavy (non-hydrogen) atoms. The van der Waals surface area contributed by atoms with E-state index in [0.717, 1.165) is 17.0 Å². The fourth-order valence-electron chi connectivity index (χ4n) is 2.92. The second-order valence-electron chi connectivity index (χ2n) is 6.14. The van der Waals surface area contributed by atoms with Gasteiger partial charge in [-0.3, -0.25) is 4.79 Å². The van der Waals surface area contributed by atoms with Crippen LogP contribution in [0.15, 0.2) is 42.5 Å². The van der Waals surface area contributed by atoms with Crippen LogP contribution in [0.5, 0.6) is 0 Å². The van der Waals surface area contributed by atoms with Crippen molar-refractivity contribution in [3.8, 4) is 0 Å². The molecule has 0 radical (unpaired) electrons. The Morgan fingerprint density at radius 3 is 2.11 bits per heavy atom. The molecule has 0 unspecified atom stereocenters. The monoisotopic (exact) mass is 416 g/mol. The zero-order valence-corrected chi connectivity index (χ0v) is 15.4. The molecule has 2 atom stereocenters. The molecule has 0 aliphatic carbocycles. The van der Waals surface area contributed by atoms with Crippen LogP contribution in [0.25, 0.3) is 0 Å². The average molecular weight is 417 g/mol. The number of urea groups is 1. The van der Waals surface area contributed by atoms with Gasteiger partial charge in [-0.05, 0) is 35.9 Å². The Morgan fingerprint density at radius 2 is 1.59 bits per heavy atom. The first kappa shape index (κ1) is 19.5. The molecular weight excluding hydrogens is 404 g/mol. The van der Waals surface area contributed by atoms with Gasteiger partial charge in [0.15, 0.2) is 0 Å². The van der Waals surface area contributed by atoms with Crippen molar-refractivity contribution in [1.29, 1.82) is 0 Å². The number of imide groups is 1. The van der Waals surface area contributed by atoms with E-state index in [-0.39, 0.29) is 15.7 Å². The highest BCUT2D eigenvalue weighted by molar-refractivity contribution is 6.35. The zero-order chi connectivity index (χ0) is 19.9. The largest absolute Gasteiger partial charge is 0.416 e. The van der Waals surface area contributed by atoms with E-state index >= 15 is 0 Å². The molecule has 2 aromatic carbocycles. The Balaban J connectivity index is 1.85. The number of anilines is 1. The minimum atomic E-state index is -4.44. The number of alkyl halides is 3. The molecule has 0 bridgehead atoms. The number of halogens is 5. The first-order valence-corrected chi connectivity index (χ1v) is 8.61. The van der Waals surface area contributed by atoms with Crippen LogP contribution in [0.4, 0.5) is 23.7 Å². The van der Waals surface area contributed by atoms with Crippen molar-refractivity contribution >= 4 is 40.8 Å². The highest BCUT2D eigenvalue weighted by atomic mass is 35.5. The van der Waals surface area contributed by atoms with Gasteiger partial charge >= 0.3 is 12.2 Å². The van der Waals surface area contributed by atoms with Gasteiger partial charge in [-0.1, -0.05) is 42.3 Å². The van der Waals surface area contributed by atoms with Crippen LogP contribution in [-0.4, -0.2) is 18.0 Å². The van der Waals surface area contributed by atoms with Crippen LogP contribution >= 0.6 is 23.2 Å². The van der Waals surface area contributed by atoms with Crippen molar-refractivity contribution in [1.82, 2.24) is 5.32 Å². The van der Waals surface area contributed by atoms with Crippen LogP contribution in [0.1, 0.15) is 24.0 Å². The topological polar surface area (TPSA) is 49.4 Å². The predicted molar refractivity (Wildman–Crippen MR) is 96.1 cm³/mol. The minimum absolute atomic E-state index is 0.220. The molecule has 2 aromatic rings. The van der Waals surface area contributed by atoms with Crippen molar-refractivity contribution in [2.75, 3.05) is 4.90 Å². The molecule has 3 rings (SSSR count). The van der Waals surface area contributed by atoms with Gasteiger partial charge < -0.3 is 5.32 Å². The summed E-state index contributed by atoms with van der Waals surface area (Å²) in [5, 5.41) is 3.09. The molecular formula is C18H13Cl2F3N2O2. The molecule has 1 fully saturated rings. The van der Waals surface area contributed by atoms with Gasteiger partial charge in [0.1, 0.15) is 6.04 Å². The highest BCUT2D eigenvalue weighted by Crippen LogP contribution is 2.33. The van der Waals surface area contributed by atoms with E-state index in [1.165, 1.54) is 30.3 Å². The molecule has 142 valence electrons. The fourth-order valence-corrected chi connectivity index (χ4v) is 3.43. The Labute approximate surface area is 162 Å². The van der Waals surface area contributed by atoms with Gasteiger partial charge in [-0.2, -0.15) is 13.2 Å². The smallest absolute Gasteiger partial charge is 0.325 e. The lowest BCUT2D eigenvalue weighted by Gasteiger charge is -2.19. The first-order valence-electron chi connectivity index (χ1n) is 7.85. The van der Waals surface area contributed by atoms with Gasteiger partial charge in [-0.25, -0.2) is 9.69 Å². The predicted octanol–water partition coefficient (Wildman–Crippen LogP) is 5.24. The fraction of sp³-hybridized carbons (Fsp3) is 0.222. The van der Waals surface area contributed by atoms with Crippen LogP contribution in [0.3, 0.4) is 0 Å². The molecule has 0 spiro atoms. The SMILES string of the molecule is C[C@@H](c1ccc(C(F)(F)F)cc1)[C@H]1NC(=O)N(c2cc(Cl)cc(Cl)c2)C1=O. The minimum Gasteiger partial charge on any atom is -0.325 e. The summed E-state index contributed by atoms with van der Waals surface area (Å²) in [5.74, 6) is -1.07. The zero-order valence-electron chi connectivity index (χ0n) is 13.8. The highest BCUT2D eigenvalue weighted by Gasteiger charge is 2.42. The summed E-state index contributed by atoms with van der Waals surface area (Å²) in [6.45, 7) is 1.65. The number of nitrogens with one attached hydrogen (secondary N) is 1. The van der Waals surface area contributed by atoms with E-state index in [1.807, 2.05) is 0 Å². The third-order valence-corrected chi connectivity index (χ3v) is 4.77. The van der Waals surface area contributed by atoms with Crippen LogP contribution in [0, 0.1) is 0 Å². The maximum Gasteiger partial charge on any atom is 0.416 e. The molecule has 9 heteroatoms. The molecule has 1 saturated heterocycles. The number of hydrogen-bond acceptors (Lipinski definition) is 2. The van der Waals surface area contributed by atoms with Crippen molar-refractivity contribution in [3.63, 3.8) is 0 Å². The Kier molecular flexibility index (Phi) is 5.10.